The summed E-state index contributed by atoms with van der Waals surface area (Å²) in [7, 11) is 0.500. The van der Waals surface area contributed by atoms with Crippen LogP contribution >= 0.6 is 0 Å². The highest BCUT2D eigenvalue weighted by molar-refractivity contribution is 5.30. The van der Waals surface area contributed by atoms with Crippen LogP contribution in [0.1, 0.15) is 17.2 Å². The molecule has 72 valence electrons. The normalized spacial score (nSPS) is 19.8. The Hall–Kier alpha value is -0.930. The molecule has 0 spiro atoms. The number of halogens is 1. The van der Waals surface area contributed by atoms with Gasteiger partial charge in [-0.15, -0.1) is 0 Å². The van der Waals surface area contributed by atoms with Gasteiger partial charge in [0.1, 0.15) is 0 Å². The summed E-state index contributed by atoms with van der Waals surface area (Å²) in [5, 5.41) is 0. The molecule has 1 atom stereocenters. The largest absolute Gasteiger partial charge is 0.375 e. The summed E-state index contributed by atoms with van der Waals surface area (Å²) >= 11 is 0. The molecule has 3 heteroatoms. The van der Waals surface area contributed by atoms with E-state index < -0.39 is 0 Å². The SMILES string of the molecule is CF.NC1COCc2ccccc21. The summed E-state index contributed by atoms with van der Waals surface area (Å²) in [6, 6.07) is 8.24. The van der Waals surface area contributed by atoms with E-state index in [0.717, 1.165) is 0 Å². The Labute approximate surface area is 77.5 Å². The lowest BCUT2D eigenvalue weighted by atomic mass is 10.0. The van der Waals surface area contributed by atoms with Gasteiger partial charge in [-0.2, -0.15) is 0 Å². The molecule has 0 amide bonds. The molecule has 0 aliphatic carbocycles. The van der Waals surface area contributed by atoms with E-state index in [1.165, 1.54) is 11.1 Å². The maximum atomic E-state index is 9.50. The molecule has 1 aromatic carbocycles. The smallest absolute Gasteiger partial charge is 0.0785 e. The molecule has 0 bridgehead atoms. The third-order valence-corrected chi connectivity index (χ3v) is 2.01. The maximum absolute atomic E-state index is 9.50. The Morgan fingerprint density at radius 3 is 2.77 bits per heavy atom. The molecule has 2 nitrogen and oxygen atoms in total. The van der Waals surface area contributed by atoms with E-state index in [1.807, 2.05) is 12.1 Å². The van der Waals surface area contributed by atoms with Crippen LogP contribution < -0.4 is 5.73 Å². The molecule has 13 heavy (non-hydrogen) atoms. The first kappa shape index (κ1) is 10.2. The van der Waals surface area contributed by atoms with E-state index in [1.54, 1.807) is 0 Å². The van der Waals surface area contributed by atoms with Crippen molar-refractivity contribution < 1.29 is 9.13 Å². The molecule has 0 radical (unpaired) electrons. The maximum Gasteiger partial charge on any atom is 0.0785 e. The van der Waals surface area contributed by atoms with Crippen molar-refractivity contribution in [3.63, 3.8) is 0 Å². The van der Waals surface area contributed by atoms with Crippen LogP contribution in [0.2, 0.25) is 0 Å². The van der Waals surface area contributed by atoms with Gasteiger partial charge in [0.2, 0.25) is 0 Å². The highest BCUT2D eigenvalue weighted by atomic mass is 19.1. The summed E-state index contributed by atoms with van der Waals surface area (Å²) in [5.41, 5.74) is 8.28. The number of hydrogen-bond acceptors (Lipinski definition) is 2. The predicted molar refractivity (Wildman–Crippen MR) is 50.1 cm³/mol. The van der Waals surface area contributed by atoms with Crippen LogP contribution in [-0.2, 0) is 11.3 Å². The lowest BCUT2D eigenvalue weighted by Gasteiger charge is -2.21. The van der Waals surface area contributed by atoms with Crippen molar-refractivity contribution in [2.24, 2.45) is 5.73 Å². The second-order valence-electron chi connectivity index (χ2n) is 2.82. The van der Waals surface area contributed by atoms with Crippen molar-refractivity contribution in [3.8, 4) is 0 Å². The Morgan fingerprint density at radius 2 is 2.08 bits per heavy atom. The van der Waals surface area contributed by atoms with Crippen molar-refractivity contribution in [2.75, 3.05) is 13.8 Å². The number of ether oxygens (including phenoxy) is 1. The quantitative estimate of drug-likeness (QED) is 0.665. The number of nitrogens with two attached hydrogens (primary N) is 1. The predicted octanol–water partition coefficient (Wildman–Crippen LogP) is 1.80. The van der Waals surface area contributed by atoms with E-state index in [-0.39, 0.29) is 6.04 Å². The van der Waals surface area contributed by atoms with Gasteiger partial charge < -0.3 is 10.5 Å². The van der Waals surface area contributed by atoms with Gasteiger partial charge >= 0.3 is 0 Å². The summed E-state index contributed by atoms with van der Waals surface area (Å²) in [5.74, 6) is 0. The van der Waals surface area contributed by atoms with Gasteiger partial charge in [0.05, 0.1) is 26.4 Å². The van der Waals surface area contributed by atoms with E-state index in [9.17, 15) is 4.39 Å². The molecule has 2 N–H and O–H groups in total. The van der Waals surface area contributed by atoms with Gasteiger partial charge in [0.25, 0.3) is 0 Å². The fourth-order valence-electron chi connectivity index (χ4n) is 1.41. The summed E-state index contributed by atoms with van der Waals surface area (Å²) in [6.07, 6.45) is 0. The fraction of sp³-hybridized carbons (Fsp3) is 0.400. The first-order chi connectivity index (χ1) is 6.38. The third kappa shape index (κ3) is 2.26. The standard InChI is InChI=1S/C9H11NO.CH3F/c10-9-6-11-5-7-3-1-2-4-8(7)9;1-2/h1-4,9H,5-6,10H2;1H3. The molecule has 0 fully saturated rings. The van der Waals surface area contributed by atoms with Crippen LogP contribution in [-0.4, -0.2) is 13.8 Å². The second kappa shape index (κ2) is 4.94. The number of benzene rings is 1. The summed E-state index contributed by atoms with van der Waals surface area (Å²) < 4.78 is 14.8. The molecule has 0 saturated carbocycles. The van der Waals surface area contributed by atoms with E-state index >= 15 is 0 Å². The lowest BCUT2D eigenvalue weighted by molar-refractivity contribution is 0.0924. The van der Waals surface area contributed by atoms with Gasteiger partial charge in [-0.1, -0.05) is 24.3 Å². The Bertz CT molecular complexity index is 265. The zero-order valence-corrected chi connectivity index (χ0v) is 7.66. The highest BCUT2D eigenvalue weighted by Crippen LogP contribution is 2.21. The molecule has 2 rings (SSSR count). The molecular formula is C10H14FNO. The average molecular weight is 183 g/mol. The number of fused-ring (bicyclic) bond motifs is 1. The Balaban J connectivity index is 0.000000396. The number of alkyl halides is 1. The van der Waals surface area contributed by atoms with E-state index in [4.69, 9.17) is 10.5 Å². The van der Waals surface area contributed by atoms with Gasteiger partial charge in [-0.25, -0.2) is 0 Å². The molecular weight excluding hydrogens is 169 g/mol. The monoisotopic (exact) mass is 183 g/mol. The molecule has 0 aromatic heterocycles. The highest BCUT2D eigenvalue weighted by Gasteiger charge is 2.15. The van der Waals surface area contributed by atoms with Crippen molar-refractivity contribution in [1.82, 2.24) is 0 Å². The van der Waals surface area contributed by atoms with Gasteiger partial charge in [0.15, 0.2) is 0 Å². The second-order valence-corrected chi connectivity index (χ2v) is 2.82. The number of hydrogen-bond donors (Lipinski definition) is 1. The van der Waals surface area contributed by atoms with Gasteiger partial charge in [0, 0.05) is 0 Å². The third-order valence-electron chi connectivity index (χ3n) is 2.01. The summed E-state index contributed by atoms with van der Waals surface area (Å²) in [4.78, 5) is 0. The molecule has 0 saturated heterocycles. The zero-order valence-electron chi connectivity index (χ0n) is 7.66. The van der Waals surface area contributed by atoms with E-state index in [2.05, 4.69) is 12.1 Å². The van der Waals surface area contributed by atoms with Gasteiger partial charge in [-0.05, 0) is 11.1 Å². The first-order valence-corrected chi connectivity index (χ1v) is 4.17. The van der Waals surface area contributed by atoms with Crippen LogP contribution in [0, 0.1) is 0 Å². The van der Waals surface area contributed by atoms with Crippen molar-refractivity contribution in [2.45, 2.75) is 12.6 Å². The van der Waals surface area contributed by atoms with Crippen molar-refractivity contribution in [3.05, 3.63) is 35.4 Å². The molecule has 1 aliphatic rings. The molecule has 1 aliphatic heterocycles. The first-order valence-electron chi connectivity index (χ1n) is 4.17. The summed E-state index contributed by atoms with van der Waals surface area (Å²) in [6.45, 7) is 1.36. The Kier molecular flexibility index (Phi) is 3.86. The minimum atomic E-state index is 0.0694. The van der Waals surface area contributed by atoms with Crippen LogP contribution in [0.15, 0.2) is 24.3 Å². The van der Waals surface area contributed by atoms with Crippen LogP contribution in [0.25, 0.3) is 0 Å². The zero-order chi connectivity index (χ0) is 9.68. The Morgan fingerprint density at radius 1 is 1.38 bits per heavy atom. The van der Waals surface area contributed by atoms with Crippen LogP contribution in [0.5, 0.6) is 0 Å². The topological polar surface area (TPSA) is 35.2 Å². The molecule has 1 heterocycles. The minimum Gasteiger partial charge on any atom is -0.375 e. The van der Waals surface area contributed by atoms with Crippen molar-refractivity contribution in [1.29, 1.82) is 0 Å². The molecule has 1 unspecified atom stereocenters. The van der Waals surface area contributed by atoms with Crippen LogP contribution in [0.4, 0.5) is 4.39 Å². The average Bonchev–Trinajstić information content (AvgIpc) is 2.22. The van der Waals surface area contributed by atoms with Crippen molar-refractivity contribution >= 4 is 0 Å². The van der Waals surface area contributed by atoms with E-state index in [0.29, 0.717) is 20.4 Å². The fourth-order valence-corrected chi connectivity index (χ4v) is 1.41. The molecule has 1 aromatic rings. The van der Waals surface area contributed by atoms with Crippen LogP contribution in [0.3, 0.4) is 0 Å². The lowest BCUT2D eigenvalue weighted by Crippen LogP contribution is -2.23. The van der Waals surface area contributed by atoms with Gasteiger partial charge in [-0.3, -0.25) is 4.39 Å². The minimum absolute atomic E-state index is 0.0694. The number of rotatable bonds is 0.